The van der Waals surface area contributed by atoms with E-state index in [9.17, 15) is 0 Å². The van der Waals surface area contributed by atoms with Crippen LogP contribution in [0.5, 0.6) is 5.75 Å². The number of nitrogens with two attached hydrogens (primary N) is 1. The van der Waals surface area contributed by atoms with Gasteiger partial charge in [0.1, 0.15) is 5.75 Å². The van der Waals surface area contributed by atoms with Crippen molar-refractivity contribution < 1.29 is 4.74 Å². The number of benzene rings is 1. The second-order valence-electron chi connectivity index (χ2n) is 5.39. The van der Waals surface area contributed by atoms with Gasteiger partial charge in [-0.2, -0.15) is 5.10 Å². The summed E-state index contributed by atoms with van der Waals surface area (Å²) in [6.07, 6.45) is 3.88. The molecule has 2 N–H and O–H groups in total. The molecule has 0 aliphatic carbocycles. The lowest BCUT2D eigenvalue weighted by molar-refractivity contribution is 0.242. The van der Waals surface area contributed by atoms with Crippen LogP contribution in [0.4, 0.5) is 5.69 Å². The Balaban J connectivity index is 2.06. The molecule has 2 aromatic heterocycles. The molecule has 3 aromatic rings. The maximum atomic E-state index is 5.97. The van der Waals surface area contributed by atoms with Crippen LogP contribution in [0.3, 0.4) is 0 Å². The van der Waals surface area contributed by atoms with E-state index in [2.05, 4.69) is 10.1 Å². The SMILES string of the molecule is Cc1cc2ncc(-c3cc(N)cc(OC(C)C)c3)cn2n1. The van der Waals surface area contributed by atoms with Gasteiger partial charge in [0.15, 0.2) is 5.65 Å². The highest BCUT2D eigenvalue weighted by molar-refractivity contribution is 5.69. The van der Waals surface area contributed by atoms with E-state index >= 15 is 0 Å². The topological polar surface area (TPSA) is 65.4 Å². The van der Waals surface area contributed by atoms with Crippen molar-refractivity contribution in [2.75, 3.05) is 5.73 Å². The van der Waals surface area contributed by atoms with Crippen molar-refractivity contribution in [3.05, 3.63) is 42.4 Å². The Morgan fingerprint density at radius 1 is 1.14 bits per heavy atom. The molecule has 1 aromatic carbocycles. The second kappa shape index (κ2) is 5.09. The Bertz CT molecular complexity index is 792. The number of fused-ring (bicyclic) bond motifs is 1. The van der Waals surface area contributed by atoms with Crippen LogP contribution in [0.2, 0.25) is 0 Å². The van der Waals surface area contributed by atoms with E-state index in [0.29, 0.717) is 5.69 Å². The minimum atomic E-state index is 0.106. The normalized spacial score (nSPS) is 11.2. The van der Waals surface area contributed by atoms with Gasteiger partial charge in [0.2, 0.25) is 0 Å². The average Bonchev–Trinajstić information content (AvgIpc) is 2.76. The Hall–Kier alpha value is -2.56. The van der Waals surface area contributed by atoms with Crippen molar-refractivity contribution in [3.8, 4) is 16.9 Å². The molecule has 0 saturated carbocycles. The molecule has 0 radical (unpaired) electrons. The highest BCUT2D eigenvalue weighted by Crippen LogP contribution is 2.27. The van der Waals surface area contributed by atoms with Gasteiger partial charge >= 0.3 is 0 Å². The summed E-state index contributed by atoms with van der Waals surface area (Å²) in [5.41, 5.74) is 10.3. The van der Waals surface area contributed by atoms with Crippen molar-refractivity contribution in [1.82, 2.24) is 14.6 Å². The largest absolute Gasteiger partial charge is 0.491 e. The van der Waals surface area contributed by atoms with Crippen LogP contribution in [0.15, 0.2) is 36.7 Å². The molecule has 108 valence electrons. The highest BCUT2D eigenvalue weighted by Gasteiger charge is 2.07. The molecule has 21 heavy (non-hydrogen) atoms. The predicted molar refractivity (Wildman–Crippen MR) is 83.3 cm³/mol. The van der Waals surface area contributed by atoms with Gasteiger partial charge in [0.25, 0.3) is 0 Å². The Morgan fingerprint density at radius 3 is 2.71 bits per heavy atom. The van der Waals surface area contributed by atoms with E-state index in [0.717, 1.165) is 28.2 Å². The minimum absolute atomic E-state index is 0.106. The summed E-state index contributed by atoms with van der Waals surface area (Å²) in [7, 11) is 0. The zero-order chi connectivity index (χ0) is 15.0. The van der Waals surface area contributed by atoms with E-state index in [1.807, 2.05) is 57.4 Å². The third-order valence-electron chi connectivity index (χ3n) is 3.07. The molecule has 3 rings (SSSR count). The number of aryl methyl sites for hydroxylation is 1. The first-order valence-electron chi connectivity index (χ1n) is 6.91. The average molecular weight is 282 g/mol. The van der Waals surface area contributed by atoms with Crippen LogP contribution in [0, 0.1) is 6.92 Å². The van der Waals surface area contributed by atoms with Crippen molar-refractivity contribution in [2.24, 2.45) is 0 Å². The van der Waals surface area contributed by atoms with Crippen LogP contribution < -0.4 is 10.5 Å². The van der Waals surface area contributed by atoms with Crippen LogP contribution in [0.25, 0.3) is 16.8 Å². The highest BCUT2D eigenvalue weighted by atomic mass is 16.5. The summed E-state index contributed by atoms with van der Waals surface area (Å²) in [5, 5.41) is 4.38. The molecule has 0 aliphatic rings. The van der Waals surface area contributed by atoms with Gasteiger partial charge in [-0.25, -0.2) is 9.50 Å². The first-order chi connectivity index (χ1) is 10.0. The van der Waals surface area contributed by atoms with E-state index in [4.69, 9.17) is 10.5 Å². The number of nitrogen functional groups attached to an aromatic ring is 1. The number of hydrogen-bond donors (Lipinski definition) is 1. The Morgan fingerprint density at radius 2 is 1.95 bits per heavy atom. The van der Waals surface area contributed by atoms with E-state index in [1.165, 1.54) is 0 Å². The summed E-state index contributed by atoms with van der Waals surface area (Å²) in [6, 6.07) is 7.64. The number of anilines is 1. The Kier molecular flexibility index (Phi) is 3.25. The molecule has 5 heteroatoms. The van der Waals surface area contributed by atoms with E-state index in [1.54, 1.807) is 4.52 Å². The molecule has 0 amide bonds. The van der Waals surface area contributed by atoms with Gasteiger partial charge in [0.05, 0.1) is 11.8 Å². The number of nitrogens with zero attached hydrogens (tertiary/aromatic N) is 3. The van der Waals surface area contributed by atoms with Crippen LogP contribution in [-0.2, 0) is 0 Å². The zero-order valence-electron chi connectivity index (χ0n) is 12.4. The molecule has 0 fully saturated rings. The smallest absolute Gasteiger partial charge is 0.155 e. The first kappa shape index (κ1) is 13.4. The third-order valence-corrected chi connectivity index (χ3v) is 3.07. The van der Waals surface area contributed by atoms with Crippen LogP contribution in [-0.4, -0.2) is 20.7 Å². The van der Waals surface area contributed by atoms with Gasteiger partial charge in [0, 0.05) is 35.8 Å². The molecule has 0 aliphatic heterocycles. The lowest BCUT2D eigenvalue weighted by Crippen LogP contribution is -2.06. The van der Waals surface area contributed by atoms with Crippen molar-refractivity contribution in [1.29, 1.82) is 0 Å². The number of aromatic nitrogens is 3. The maximum absolute atomic E-state index is 5.97. The van der Waals surface area contributed by atoms with Gasteiger partial charge in [-0.3, -0.25) is 0 Å². The standard InChI is InChI=1S/C16H18N4O/c1-10(2)21-15-6-12(5-14(17)7-15)13-8-18-16-4-11(3)19-20(16)9-13/h4-10H,17H2,1-3H3. The monoisotopic (exact) mass is 282 g/mol. The van der Waals surface area contributed by atoms with Gasteiger partial charge < -0.3 is 10.5 Å². The molecule has 2 heterocycles. The van der Waals surface area contributed by atoms with Gasteiger partial charge in [-0.15, -0.1) is 0 Å². The minimum Gasteiger partial charge on any atom is -0.491 e. The number of rotatable bonds is 3. The fourth-order valence-electron chi connectivity index (χ4n) is 2.27. The second-order valence-corrected chi connectivity index (χ2v) is 5.39. The Labute approximate surface area is 123 Å². The summed E-state index contributed by atoms with van der Waals surface area (Å²) < 4.78 is 7.50. The quantitative estimate of drug-likeness (QED) is 0.750. The number of hydrogen-bond acceptors (Lipinski definition) is 4. The fourth-order valence-corrected chi connectivity index (χ4v) is 2.27. The van der Waals surface area contributed by atoms with E-state index < -0.39 is 0 Å². The first-order valence-corrected chi connectivity index (χ1v) is 6.91. The maximum Gasteiger partial charge on any atom is 0.155 e. The molecule has 0 unspecified atom stereocenters. The summed E-state index contributed by atoms with van der Waals surface area (Å²) >= 11 is 0. The zero-order valence-corrected chi connectivity index (χ0v) is 12.4. The lowest BCUT2D eigenvalue weighted by Gasteiger charge is -2.12. The predicted octanol–water partition coefficient (Wildman–Crippen LogP) is 3.07. The van der Waals surface area contributed by atoms with Crippen LogP contribution in [0.1, 0.15) is 19.5 Å². The molecular weight excluding hydrogens is 264 g/mol. The lowest BCUT2D eigenvalue weighted by atomic mass is 10.1. The molecule has 0 bridgehead atoms. The molecule has 0 saturated heterocycles. The van der Waals surface area contributed by atoms with Gasteiger partial charge in [-0.1, -0.05) is 0 Å². The number of ether oxygens (including phenoxy) is 1. The van der Waals surface area contributed by atoms with Crippen LogP contribution >= 0.6 is 0 Å². The van der Waals surface area contributed by atoms with E-state index in [-0.39, 0.29) is 6.10 Å². The molecule has 5 nitrogen and oxygen atoms in total. The molecule has 0 atom stereocenters. The fraction of sp³-hybridized carbons (Fsp3) is 0.250. The molecule has 0 spiro atoms. The van der Waals surface area contributed by atoms with Crippen molar-refractivity contribution in [2.45, 2.75) is 26.9 Å². The third kappa shape index (κ3) is 2.81. The summed E-state index contributed by atoms with van der Waals surface area (Å²) in [6.45, 7) is 5.93. The van der Waals surface area contributed by atoms with Gasteiger partial charge in [-0.05, 0) is 38.5 Å². The van der Waals surface area contributed by atoms with Crippen molar-refractivity contribution >= 4 is 11.3 Å². The van der Waals surface area contributed by atoms with Crippen molar-refractivity contribution in [3.63, 3.8) is 0 Å². The summed E-state index contributed by atoms with van der Waals surface area (Å²) in [4.78, 5) is 4.42. The molecular formula is C16H18N4O. The summed E-state index contributed by atoms with van der Waals surface area (Å²) in [5.74, 6) is 0.761.